The number of rotatable bonds is 0. The topological polar surface area (TPSA) is 88.2 Å². The van der Waals surface area contributed by atoms with E-state index in [1.54, 1.807) is 48.8 Å². The van der Waals surface area contributed by atoms with Gasteiger partial charge in [-0.15, -0.1) is 0 Å². The van der Waals surface area contributed by atoms with Crippen LogP contribution in [-0.4, -0.2) is 42.5 Å². The first-order chi connectivity index (χ1) is 17.9. The van der Waals surface area contributed by atoms with Gasteiger partial charge in [-0.25, -0.2) is 28.7 Å². The van der Waals surface area contributed by atoms with Gasteiger partial charge in [-0.2, -0.15) is 0 Å². The smallest absolute Gasteiger partial charge is 0.419 e. The van der Waals surface area contributed by atoms with E-state index in [2.05, 4.69) is 33.6 Å². The van der Waals surface area contributed by atoms with E-state index in [0.29, 0.717) is 28.4 Å². The van der Waals surface area contributed by atoms with Crippen LogP contribution in [0.2, 0.25) is 0 Å². The molecule has 0 aromatic carbocycles. The van der Waals surface area contributed by atoms with E-state index in [1.165, 1.54) is 9.13 Å². The van der Waals surface area contributed by atoms with E-state index in [9.17, 15) is 9.59 Å². The molecule has 0 aliphatic carbocycles. The van der Waals surface area contributed by atoms with Crippen molar-refractivity contribution in [1.82, 2.24) is 19.1 Å². The zero-order valence-corrected chi connectivity index (χ0v) is 22.2. The van der Waals surface area contributed by atoms with Crippen LogP contribution >= 0.6 is 0 Å². The van der Waals surface area contributed by atoms with Crippen LogP contribution in [0.25, 0.3) is 11.0 Å². The zero-order chi connectivity index (χ0) is 27.5. The first kappa shape index (κ1) is 26.2. The SMILES string of the molecule is CC(C)(C)OC(=O)n1cccc1C#Cc1ccc2ccc(C#Cc3cccn3C(=O)OC(C)(C)C)nc2n1. The lowest BCUT2D eigenvalue weighted by Crippen LogP contribution is -2.27. The molecule has 4 aromatic heterocycles. The van der Waals surface area contributed by atoms with Gasteiger partial charge in [0.25, 0.3) is 0 Å². The number of ether oxygens (including phenoxy) is 2. The Morgan fingerprint density at radius 1 is 0.658 bits per heavy atom. The second-order valence-corrected chi connectivity index (χ2v) is 10.4. The average molecular weight is 509 g/mol. The van der Waals surface area contributed by atoms with Gasteiger partial charge in [0.2, 0.25) is 0 Å². The summed E-state index contributed by atoms with van der Waals surface area (Å²) in [4.78, 5) is 34.0. The Bertz CT molecular complexity index is 1520. The van der Waals surface area contributed by atoms with E-state index in [4.69, 9.17) is 9.47 Å². The van der Waals surface area contributed by atoms with E-state index in [1.807, 2.05) is 53.7 Å². The number of hydrogen-bond donors (Lipinski definition) is 0. The van der Waals surface area contributed by atoms with Crippen molar-refractivity contribution in [2.45, 2.75) is 52.7 Å². The van der Waals surface area contributed by atoms with Gasteiger partial charge in [0.05, 0.1) is 0 Å². The van der Waals surface area contributed by atoms with Crippen LogP contribution in [-0.2, 0) is 9.47 Å². The Balaban J connectivity index is 1.57. The molecule has 192 valence electrons. The van der Waals surface area contributed by atoms with E-state index < -0.39 is 23.4 Å². The highest BCUT2D eigenvalue weighted by atomic mass is 16.6. The van der Waals surface area contributed by atoms with Gasteiger partial charge < -0.3 is 9.47 Å². The van der Waals surface area contributed by atoms with Crippen molar-refractivity contribution < 1.29 is 19.1 Å². The molecule has 4 heterocycles. The van der Waals surface area contributed by atoms with E-state index >= 15 is 0 Å². The number of carbonyl (C=O) groups excluding carboxylic acids is 2. The van der Waals surface area contributed by atoms with E-state index in [-0.39, 0.29) is 0 Å². The van der Waals surface area contributed by atoms with Gasteiger partial charge in [0, 0.05) is 17.8 Å². The largest absolute Gasteiger partial charge is 0.443 e. The van der Waals surface area contributed by atoms with Crippen LogP contribution in [0.3, 0.4) is 0 Å². The lowest BCUT2D eigenvalue weighted by atomic mass is 10.2. The summed E-state index contributed by atoms with van der Waals surface area (Å²) in [6, 6.07) is 14.2. The molecule has 0 unspecified atom stereocenters. The third kappa shape index (κ3) is 6.68. The van der Waals surface area contributed by atoms with Gasteiger partial charge >= 0.3 is 12.2 Å². The minimum atomic E-state index is -0.614. The summed E-state index contributed by atoms with van der Waals surface area (Å²) in [5, 5.41) is 0.829. The van der Waals surface area contributed by atoms with Crippen molar-refractivity contribution in [1.29, 1.82) is 0 Å². The molecule has 8 nitrogen and oxygen atoms in total. The van der Waals surface area contributed by atoms with Gasteiger partial charge in [-0.05, 0) is 114 Å². The standard InChI is InChI=1S/C30H28N4O4/c1-29(2,3)37-27(35)33-19-7-9-24(33)17-15-22-13-11-21-12-14-23(32-26(21)31-22)16-18-25-10-8-20-34(25)28(36)38-30(4,5)6/h7-14,19-20H,1-6H3. The zero-order valence-electron chi connectivity index (χ0n) is 22.2. The molecule has 0 saturated carbocycles. The highest BCUT2D eigenvalue weighted by Crippen LogP contribution is 2.14. The summed E-state index contributed by atoms with van der Waals surface area (Å²) in [5.74, 6) is 11.9. The predicted molar refractivity (Wildman–Crippen MR) is 144 cm³/mol. The molecule has 0 spiro atoms. The van der Waals surface area contributed by atoms with Crippen molar-refractivity contribution in [2.24, 2.45) is 0 Å². The van der Waals surface area contributed by atoms with Crippen LogP contribution in [0, 0.1) is 23.7 Å². The van der Waals surface area contributed by atoms with Crippen molar-refractivity contribution in [3.05, 3.63) is 83.7 Å². The Kier molecular flexibility index (Phi) is 7.10. The molecule has 0 saturated heterocycles. The first-order valence-electron chi connectivity index (χ1n) is 12.0. The van der Waals surface area contributed by atoms with Gasteiger partial charge in [0.15, 0.2) is 5.65 Å². The number of pyridine rings is 2. The molecular formula is C30H28N4O4. The Hall–Kier alpha value is -4.82. The molecular weight excluding hydrogens is 480 g/mol. The molecule has 0 radical (unpaired) electrons. The predicted octanol–water partition coefficient (Wildman–Crippen LogP) is 5.60. The molecule has 0 fully saturated rings. The maximum absolute atomic E-state index is 12.4. The molecule has 0 amide bonds. The monoisotopic (exact) mass is 508 g/mol. The molecule has 4 aromatic rings. The molecule has 0 atom stereocenters. The molecule has 38 heavy (non-hydrogen) atoms. The number of aromatic nitrogens is 4. The fourth-order valence-corrected chi connectivity index (χ4v) is 3.30. The van der Waals surface area contributed by atoms with Gasteiger partial charge in [-0.3, -0.25) is 0 Å². The van der Waals surface area contributed by atoms with Crippen LogP contribution in [0.4, 0.5) is 9.59 Å². The number of hydrogen-bond acceptors (Lipinski definition) is 6. The number of nitrogens with zero attached hydrogens (tertiary/aromatic N) is 4. The molecule has 4 rings (SSSR count). The summed E-state index contributed by atoms with van der Waals surface area (Å²) in [7, 11) is 0. The minimum Gasteiger partial charge on any atom is -0.443 e. The first-order valence-corrected chi connectivity index (χ1v) is 12.0. The maximum atomic E-state index is 12.4. The third-order valence-electron chi connectivity index (χ3n) is 4.87. The Morgan fingerprint density at radius 2 is 1.08 bits per heavy atom. The third-order valence-corrected chi connectivity index (χ3v) is 4.87. The fraction of sp³-hybridized carbons (Fsp3) is 0.267. The summed E-state index contributed by atoms with van der Waals surface area (Å²) < 4.78 is 13.6. The summed E-state index contributed by atoms with van der Waals surface area (Å²) >= 11 is 0. The van der Waals surface area contributed by atoms with Gasteiger partial charge in [0.1, 0.15) is 34.0 Å². The van der Waals surface area contributed by atoms with Crippen LogP contribution < -0.4 is 0 Å². The average Bonchev–Trinajstić information content (AvgIpc) is 3.48. The quantitative estimate of drug-likeness (QED) is 0.287. The maximum Gasteiger partial charge on any atom is 0.419 e. The second kappa shape index (κ2) is 10.3. The van der Waals surface area contributed by atoms with Crippen LogP contribution in [0.15, 0.2) is 60.9 Å². The van der Waals surface area contributed by atoms with Crippen molar-refractivity contribution >= 4 is 23.2 Å². The lowest BCUT2D eigenvalue weighted by Gasteiger charge is -2.19. The Labute approximate surface area is 221 Å². The highest BCUT2D eigenvalue weighted by Gasteiger charge is 2.19. The second-order valence-electron chi connectivity index (χ2n) is 10.4. The normalized spacial score (nSPS) is 11.2. The number of fused-ring (bicyclic) bond motifs is 1. The number of carbonyl (C=O) groups is 2. The Morgan fingerprint density at radius 3 is 1.47 bits per heavy atom. The highest BCUT2D eigenvalue weighted by molar-refractivity contribution is 5.77. The van der Waals surface area contributed by atoms with Crippen molar-refractivity contribution in [3.63, 3.8) is 0 Å². The van der Waals surface area contributed by atoms with Gasteiger partial charge in [-0.1, -0.05) is 0 Å². The summed E-state index contributed by atoms with van der Waals surface area (Å²) in [5.41, 5.74) is 1.21. The lowest BCUT2D eigenvalue weighted by molar-refractivity contribution is 0.0525. The molecule has 0 N–H and O–H groups in total. The van der Waals surface area contributed by atoms with Crippen molar-refractivity contribution in [2.75, 3.05) is 0 Å². The molecule has 0 aliphatic heterocycles. The molecule has 0 aliphatic rings. The van der Waals surface area contributed by atoms with Crippen LogP contribution in [0.5, 0.6) is 0 Å². The minimum absolute atomic E-state index is 0.480. The summed E-state index contributed by atoms with van der Waals surface area (Å²) in [6.45, 7) is 10.9. The molecule has 0 bridgehead atoms. The fourth-order valence-electron chi connectivity index (χ4n) is 3.30. The van der Waals surface area contributed by atoms with E-state index in [0.717, 1.165) is 5.39 Å². The van der Waals surface area contributed by atoms with Crippen LogP contribution in [0.1, 0.15) is 64.3 Å². The summed E-state index contributed by atoms with van der Waals surface area (Å²) in [6.07, 6.45) is 2.22. The van der Waals surface area contributed by atoms with Crippen molar-refractivity contribution in [3.8, 4) is 23.7 Å². The molecule has 8 heteroatoms.